The maximum Gasteiger partial charge on any atom is 0.131 e. The third kappa shape index (κ3) is 3.27. The van der Waals surface area contributed by atoms with Crippen molar-refractivity contribution in [1.82, 2.24) is 0 Å². The molecule has 1 aromatic carbocycles. The molecule has 0 aliphatic heterocycles. The molecule has 1 aromatic rings. The van der Waals surface area contributed by atoms with Crippen molar-refractivity contribution in [3.8, 4) is 5.75 Å². The molecule has 3 nitrogen and oxygen atoms in total. The van der Waals surface area contributed by atoms with Gasteiger partial charge in [0, 0.05) is 0 Å². The second-order valence-corrected chi connectivity index (χ2v) is 4.63. The highest BCUT2D eigenvalue weighted by Gasteiger charge is 2.15. The standard InChI is InChI=1S/C12H18N2O/c1-8-5-6-9(11(13)14)10(7-8)15-12(2,3)4/h5-7H,1-4H3,(H3,13,14). The minimum Gasteiger partial charge on any atom is -0.487 e. The first-order valence-corrected chi connectivity index (χ1v) is 4.93. The Morgan fingerprint density at radius 1 is 1.33 bits per heavy atom. The number of nitrogen functional groups attached to an aromatic ring is 1. The van der Waals surface area contributed by atoms with Gasteiger partial charge >= 0.3 is 0 Å². The first kappa shape index (κ1) is 11.6. The number of aryl methyl sites for hydroxylation is 1. The van der Waals surface area contributed by atoms with Gasteiger partial charge in [0.25, 0.3) is 0 Å². The van der Waals surface area contributed by atoms with Crippen molar-refractivity contribution in [2.24, 2.45) is 5.73 Å². The van der Waals surface area contributed by atoms with E-state index < -0.39 is 0 Å². The highest BCUT2D eigenvalue weighted by atomic mass is 16.5. The summed E-state index contributed by atoms with van der Waals surface area (Å²) in [5.74, 6) is 0.712. The molecule has 3 N–H and O–H groups in total. The van der Waals surface area contributed by atoms with Gasteiger partial charge in [0.05, 0.1) is 5.56 Å². The number of benzene rings is 1. The van der Waals surface area contributed by atoms with Gasteiger partial charge < -0.3 is 10.5 Å². The van der Waals surface area contributed by atoms with Crippen LogP contribution >= 0.6 is 0 Å². The Kier molecular flexibility index (Phi) is 3.03. The SMILES string of the molecule is Cc1ccc(C(=N)N)c(OC(C)(C)C)c1. The third-order valence-electron chi connectivity index (χ3n) is 1.84. The molecule has 3 heteroatoms. The molecular weight excluding hydrogens is 188 g/mol. The summed E-state index contributed by atoms with van der Waals surface area (Å²) in [4.78, 5) is 0. The van der Waals surface area contributed by atoms with Crippen LogP contribution in [0.5, 0.6) is 5.75 Å². The van der Waals surface area contributed by atoms with E-state index in [4.69, 9.17) is 15.9 Å². The zero-order valence-corrected chi connectivity index (χ0v) is 9.72. The minimum atomic E-state index is -0.280. The second-order valence-electron chi connectivity index (χ2n) is 4.63. The predicted molar refractivity (Wildman–Crippen MR) is 62.6 cm³/mol. The molecule has 0 saturated heterocycles. The van der Waals surface area contributed by atoms with Crippen molar-refractivity contribution in [3.63, 3.8) is 0 Å². The minimum absolute atomic E-state index is 0.0363. The van der Waals surface area contributed by atoms with Crippen LogP contribution in [0.3, 0.4) is 0 Å². The summed E-state index contributed by atoms with van der Waals surface area (Å²) >= 11 is 0. The monoisotopic (exact) mass is 206 g/mol. The van der Waals surface area contributed by atoms with Gasteiger partial charge in [0.15, 0.2) is 0 Å². The smallest absolute Gasteiger partial charge is 0.131 e. The summed E-state index contributed by atoms with van der Waals surface area (Å²) in [7, 11) is 0. The van der Waals surface area contributed by atoms with Crippen LogP contribution in [-0.2, 0) is 0 Å². The highest BCUT2D eigenvalue weighted by Crippen LogP contribution is 2.24. The number of nitrogens with two attached hydrogens (primary N) is 1. The summed E-state index contributed by atoms with van der Waals surface area (Å²) in [6.07, 6.45) is 0. The first-order valence-electron chi connectivity index (χ1n) is 4.93. The lowest BCUT2D eigenvalue weighted by Gasteiger charge is -2.23. The van der Waals surface area contributed by atoms with Crippen LogP contribution in [0.2, 0.25) is 0 Å². The fourth-order valence-corrected chi connectivity index (χ4v) is 1.27. The Balaban J connectivity index is 3.13. The largest absolute Gasteiger partial charge is 0.487 e. The fourth-order valence-electron chi connectivity index (χ4n) is 1.27. The molecule has 1 rings (SSSR count). The average molecular weight is 206 g/mol. The van der Waals surface area contributed by atoms with Crippen molar-refractivity contribution < 1.29 is 4.74 Å². The van der Waals surface area contributed by atoms with E-state index in [1.807, 2.05) is 45.9 Å². The average Bonchev–Trinajstić information content (AvgIpc) is 1.99. The molecule has 0 aromatic heterocycles. The molecule has 0 fully saturated rings. The lowest BCUT2D eigenvalue weighted by atomic mass is 10.1. The Labute approximate surface area is 90.8 Å². The summed E-state index contributed by atoms with van der Waals surface area (Å²) in [6, 6.07) is 5.65. The Hall–Kier alpha value is -1.51. The molecular formula is C12H18N2O. The molecule has 0 radical (unpaired) electrons. The predicted octanol–water partition coefficient (Wildman–Crippen LogP) is 2.46. The summed E-state index contributed by atoms with van der Waals surface area (Å²) < 4.78 is 5.75. The van der Waals surface area contributed by atoms with E-state index in [1.54, 1.807) is 0 Å². The van der Waals surface area contributed by atoms with Crippen LogP contribution in [0.25, 0.3) is 0 Å². The second kappa shape index (κ2) is 3.93. The lowest BCUT2D eigenvalue weighted by Crippen LogP contribution is -2.25. The molecule has 0 aliphatic rings. The van der Waals surface area contributed by atoms with Crippen molar-refractivity contribution in [3.05, 3.63) is 29.3 Å². The lowest BCUT2D eigenvalue weighted by molar-refractivity contribution is 0.130. The number of amidine groups is 1. The van der Waals surface area contributed by atoms with Crippen LogP contribution < -0.4 is 10.5 Å². The van der Waals surface area contributed by atoms with Crippen LogP contribution in [0, 0.1) is 12.3 Å². The van der Waals surface area contributed by atoms with Crippen LogP contribution in [0.4, 0.5) is 0 Å². The molecule has 82 valence electrons. The van der Waals surface area contributed by atoms with E-state index in [9.17, 15) is 0 Å². The number of ether oxygens (including phenoxy) is 1. The van der Waals surface area contributed by atoms with Crippen molar-refractivity contribution >= 4 is 5.84 Å². The maximum atomic E-state index is 7.45. The topological polar surface area (TPSA) is 59.1 Å². The van der Waals surface area contributed by atoms with Crippen LogP contribution in [0.1, 0.15) is 31.9 Å². The Bertz CT molecular complexity index is 378. The van der Waals surface area contributed by atoms with Crippen LogP contribution in [-0.4, -0.2) is 11.4 Å². The molecule has 0 atom stereocenters. The fraction of sp³-hybridized carbons (Fsp3) is 0.417. The zero-order valence-electron chi connectivity index (χ0n) is 9.72. The van der Waals surface area contributed by atoms with E-state index in [2.05, 4.69) is 0 Å². The Morgan fingerprint density at radius 3 is 2.40 bits per heavy atom. The number of hydrogen-bond donors (Lipinski definition) is 2. The summed E-state index contributed by atoms with van der Waals surface area (Å²) in [5.41, 5.74) is 6.95. The summed E-state index contributed by atoms with van der Waals surface area (Å²) in [6.45, 7) is 7.90. The number of nitrogens with one attached hydrogen (secondary N) is 1. The number of hydrogen-bond acceptors (Lipinski definition) is 2. The van der Waals surface area contributed by atoms with Gasteiger partial charge in [-0.25, -0.2) is 0 Å². The van der Waals surface area contributed by atoms with Gasteiger partial charge in [-0.2, -0.15) is 0 Å². The highest BCUT2D eigenvalue weighted by molar-refractivity contribution is 5.97. The van der Waals surface area contributed by atoms with E-state index in [-0.39, 0.29) is 11.4 Å². The van der Waals surface area contributed by atoms with Crippen LogP contribution in [0.15, 0.2) is 18.2 Å². The van der Waals surface area contributed by atoms with Crippen molar-refractivity contribution in [2.45, 2.75) is 33.3 Å². The van der Waals surface area contributed by atoms with E-state index in [0.717, 1.165) is 5.56 Å². The van der Waals surface area contributed by atoms with E-state index >= 15 is 0 Å². The molecule has 0 spiro atoms. The third-order valence-corrected chi connectivity index (χ3v) is 1.84. The van der Waals surface area contributed by atoms with Gasteiger partial charge in [0.2, 0.25) is 0 Å². The van der Waals surface area contributed by atoms with Gasteiger partial charge in [0.1, 0.15) is 17.2 Å². The van der Waals surface area contributed by atoms with Gasteiger partial charge in [-0.15, -0.1) is 0 Å². The van der Waals surface area contributed by atoms with E-state index in [1.165, 1.54) is 0 Å². The molecule has 0 amide bonds. The molecule has 0 saturated carbocycles. The van der Waals surface area contributed by atoms with Crippen molar-refractivity contribution in [2.75, 3.05) is 0 Å². The van der Waals surface area contributed by atoms with E-state index in [0.29, 0.717) is 11.3 Å². The molecule has 0 bridgehead atoms. The van der Waals surface area contributed by atoms with Gasteiger partial charge in [-0.05, 0) is 45.4 Å². The number of rotatable bonds is 2. The zero-order chi connectivity index (χ0) is 11.6. The molecule has 0 aliphatic carbocycles. The van der Waals surface area contributed by atoms with Gasteiger partial charge in [-0.1, -0.05) is 6.07 Å². The quantitative estimate of drug-likeness (QED) is 0.577. The van der Waals surface area contributed by atoms with Crippen molar-refractivity contribution in [1.29, 1.82) is 5.41 Å². The molecule has 0 unspecified atom stereocenters. The maximum absolute atomic E-state index is 7.45. The first-order chi connectivity index (χ1) is 6.79. The molecule has 0 heterocycles. The normalized spacial score (nSPS) is 11.2. The van der Waals surface area contributed by atoms with Gasteiger partial charge in [-0.3, -0.25) is 5.41 Å². The molecule has 15 heavy (non-hydrogen) atoms. The Morgan fingerprint density at radius 2 is 1.93 bits per heavy atom. The summed E-state index contributed by atoms with van der Waals surface area (Å²) in [5, 5.41) is 7.45.